The zero-order chi connectivity index (χ0) is 16.4. The van der Waals surface area contributed by atoms with Crippen molar-refractivity contribution < 1.29 is 18.9 Å². The van der Waals surface area contributed by atoms with E-state index in [0.717, 1.165) is 11.6 Å². The lowest BCUT2D eigenvalue weighted by molar-refractivity contribution is -0.402. The molecule has 1 fully saturated rings. The molecule has 1 aromatic heterocycles. The number of carbonyl (C=O) groups is 1. The number of hydrogen-bond acceptors (Lipinski definition) is 5. The minimum atomic E-state index is -0.689. The molecule has 120 valence electrons. The van der Waals surface area contributed by atoms with Gasteiger partial charge in [0.05, 0.1) is 12.1 Å². The lowest BCUT2D eigenvalue weighted by Crippen LogP contribution is -2.36. The van der Waals surface area contributed by atoms with E-state index in [1.807, 2.05) is 12.1 Å². The predicted octanol–water partition coefficient (Wildman–Crippen LogP) is 3.10. The van der Waals surface area contributed by atoms with Crippen molar-refractivity contribution in [2.45, 2.75) is 18.6 Å². The minimum absolute atomic E-state index is 0.0987. The summed E-state index contributed by atoms with van der Waals surface area (Å²) in [6, 6.07) is 9.38. The molecule has 7 nitrogen and oxygen atoms in total. The Morgan fingerprint density at radius 1 is 1.26 bits per heavy atom. The van der Waals surface area contributed by atoms with Crippen molar-refractivity contribution in [3.05, 3.63) is 62.9 Å². The average molecular weight is 337 g/mol. The van der Waals surface area contributed by atoms with Crippen molar-refractivity contribution in [1.29, 1.82) is 0 Å². The highest BCUT2D eigenvalue weighted by Crippen LogP contribution is 2.30. The summed E-state index contributed by atoms with van der Waals surface area (Å²) in [7, 11) is 0. The molecule has 2 heterocycles. The number of hydrogen-bond donors (Lipinski definition) is 1. The van der Waals surface area contributed by atoms with Gasteiger partial charge in [0.1, 0.15) is 11.0 Å². The molecular formula is C15H13ClN2O5. The summed E-state index contributed by atoms with van der Waals surface area (Å²) in [6.07, 6.45) is 0.350. The van der Waals surface area contributed by atoms with E-state index >= 15 is 0 Å². The Morgan fingerprint density at radius 2 is 2.00 bits per heavy atom. The van der Waals surface area contributed by atoms with E-state index in [9.17, 15) is 14.9 Å². The van der Waals surface area contributed by atoms with Crippen LogP contribution in [0.1, 0.15) is 28.6 Å². The van der Waals surface area contributed by atoms with Gasteiger partial charge in [-0.2, -0.15) is 0 Å². The number of carbonyl (C=O) groups excluding carboxylic acids is 1. The molecule has 1 aliphatic heterocycles. The molecule has 0 unspecified atom stereocenters. The zero-order valence-electron chi connectivity index (χ0n) is 11.9. The van der Waals surface area contributed by atoms with E-state index in [4.69, 9.17) is 20.8 Å². The molecule has 8 heteroatoms. The second-order valence-corrected chi connectivity index (χ2v) is 5.54. The van der Waals surface area contributed by atoms with Crippen molar-refractivity contribution in [3.63, 3.8) is 0 Å². The van der Waals surface area contributed by atoms with Gasteiger partial charge in [0.15, 0.2) is 5.76 Å². The van der Waals surface area contributed by atoms with E-state index in [-0.39, 0.29) is 17.9 Å². The van der Waals surface area contributed by atoms with Gasteiger partial charge >= 0.3 is 5.88 Å². The summed E-state index contributed by atoms with van der Waals surface area (Å²) in [4.78, 5) is 22.1. The Bertz CT molecular complexity index is 728. The quantitative estimate of drug-likeness (QED) is 0.683. The molecule has 1 saturated heterocycles. The Balaban J connectivity index is 1.71. The molecular weight excluding hydrogens is 324 g/mol. The normalized spacial score (nSPS) is 20.4. The summed E-state index contributed by atoms with van der Waals surface area (Å²) in [5.41, 5.74) is 0.905. The van der Waals surface area contributed by atoms with Gasteiger partial charge in [-0.1, -0.05) is 23.7 Å². The summed E-state index contributed by atoms with van der Waals surface area (Å²) >= 11 is 5.87. The second kappa shape index (κ2) is 6.39. The number of nitrogens with one attached hydrogen (secondary N) is 1. The molecule has 1 amide bonds. The highest BCUT2D eigenvalue weighted by Gasteiger charge is 2.32. The Morgan fingerprint density at radius 3 is 2.65 bits per heavy atom. The van der Waals surface area contributed by atoms with Crippen molar-refractivity contribution in [2.75, 3.05) is 6.61 Å². The smallest absolute Gasteiger partial charge is 0.395 e. The van der Waals surface area contributed by atoms with Crippen LogP contribution in [0, 0.1) is 10.1 Å². The topological polar surface area (TPSA) is 94.6 Å². The summed E-state index contributed by atoms with van der Waals surface area (Å²) in [6.45, 7) is 0.510. The van der Waals surface area contributed by atoms with Gasteiger partial charge in [-0.15, -0.1) is 0 Å². The van der Waals surface area contributed by atoms with E-state index in [2.05, 4.69) is 5.32 Å². The van der Waals surface area contributed by atoms with Crippen molar-refractivity contribution in [1.82, 2.24) is 5.32 Å². The molecule has 2 atom stereocenters. The fourth-order valence-corrected chi connectivity index (χ4v) is 2.63. The van der Waals surface area contributed by atoms with Crippen molar-refractivity contribution >= 4 is 23.4 Å². The average Bonchev–Trinajstić information content (AvgIpc) is 3.17. The molecule has 1 aromatic carbocycles. The van der Waals surface area contributed by atoms with E-state index in [1.165, 1.54) is 6.07 Å². The fraction of sp³-hybridized carbons (Fsp3) is 0.267. The Hall–Kier alpha value is -2.38. The van der Waals surface area contributed by atoms with Crippen LogP contribution in [0.2, 0.25) is 5.02 Å². The minimum Gasteiger partial charge on any atom is -0.395 e. The molecule has 1 N–H and O–H groups in total. The number of halogens is 1. The third kappa shape index (κ3) is 3.35. The maximum atomic E-state index is 12.2. The number of benzene rings is 1. The third-order valence-corrected chi connectivity index (χ3v) is 3.85. The van der Waals surface area contributed by atoms with Crippen LogP contribution in [-0.4, -0.2) is 23.5 Å². The molecule has 0 saturated carbocycles. The zero-order valence-corrected chi connectivity index (χ0v) is 12.7. The number of rotatable bonds is 4. The molecule has 23 heavy (non-hydrogen) atoms. The highest BCUT2D eigenvalue weighted by molar-refractivity contribution is 6.30. The Labute approximate surface area is 136 Å². The van der Waals surface area contributed by atoms with Gasteiger partial charge in [-0.05, 0) is 30.2 Å². The predicted molar refractivity (Wildman–Crippen MR) is 81.4 cm³/mol. The van der Waals surface area contributed by atoms with E-state index < -0.39 is 16.7 Å². The SMILES string of the molecule is O=C(N[C@@H]1CCO[C@H]1c1ccc(Cl)cc1)c1ccc([N+](=O)[O-])o1. The Kier molecular flexibility index (Phi) is 4.31. The third-order valence-electron chi connectivity index (χ3n) is 3.60. The van der Waals surface area contributed by atoms with Crippen LogP contribution in [-0.2, 0) is 4.74 Å². The number of nitrogens with zero attached hydrogens (tertiary/aromatic N) is 1. The van der Waals surface area contributed by atoms with E-state index in [0.29, 0.717) is 18.1 Å². The first-order chi connectivity index (χ1) is 11.0. The first kappa shape index (κ1) is 15.5. The van der Waals surface area contributed by atoms with Crippen LogP contribution in [0.4, 0.5) is 5.88 Å². The van der Waals surface area contributed by atoms with Crippen molar-refractivity contribution in [2.24, 2.45) is 0 Å². The molecule has 0 spiro atoms. The van der Waals surface area contributed by atoms with Gasteiger partial charge in [0.2, 0.25) is 0 Å². The number of nitro groups is 1. The highest BCUT2D eigenvalue weighted by atomic mass is 35.5. The lowest BCUT2D eigenvalue weighted by atomic mass is 10.0. The first-order valence-electron chi connectivity index (χ1n) is 6.97. The largest absolute Gasteiger partial charge is 0.433 e. The molecule has 0 radical (unpaired) electrons. The monoisotopic (exact) mass is 336 g/mol. The van der Waals surface area contributed by atoms with Gasteiger partial charge in [0.25, 0.3) is 5.91 Å². The maximum absolute atomic E-state index is 12.2. The first-order valence-corrected chi connectivity index (χ1v) is 7.34. The summed E-state index contributed by atoms with van der Waals surface area (Å²) in [5.74, 6) is -1.07. The lowest BCUT2D eigenvalue weighted by Gasteiger charge is -2.19. The standard InChI is InChI=1S/C15H13ClN2O5/c16-10-3-1-9(2-4-10)14-11(7-8-22-14)17-15(19)12-5-6-13(23-12)18(20)21/h1-6,11,14H,7-8H2,(H,17,19)/t11-,14+/m1/s1. The summed E-state index contributed by atoms with van der Waals surface area (Å²) in [5, 5.41) is 14.0. The van der Waals surface area contributed by atoms with Gasteiger partial charge in [-0.3, -0.25) is 14.9 Å². The van der Waals surface area contributed by atoms with Crippen LogP contribution in [0.15, 0.2) is 40.8 Å². The molecule has 3 rings (SSSR count). The molecule has 1 aliphatic rings. The second-order valence-electron chi connectivity index (χ2n) is 5.11. The van der Waals surface area contributed by atoms with Crippen LogP contribution in [0.3, 0.4) is 0 Å². The fourth-order valence-electron chi connectivity index (χ4n) is 2.51. The van der Waals surface area contributed by atoms with Crippen LogP contribution in [0.5, 0.6) is 0 Å². The van der Waals surface area contributed by atoms with Crippen molar-refractivity contribution in [3.8, 4) is 0 Å². The van der Waals surface area contributed by atoms with Crippen LogP contribution < -0.4 is 5.32 Å². The van der Waals surface area contributed by atoms with Gasteiger partial charge in [-0.25, -0.2) is 0 Å². The van der Waals surface area contributed by atoms with Gasteiger partial charge < -0.3 is 14.5 Å². The van der Waals surface area contributed by atoms with Crippen LogP contribution in [0.25, 0.3) is 0 Å². The maximum Gasteiger partial charge on any atom is 0.433 e. The molecule has 0 aliphatic carbocycles. The number of ether oxygens (including phenoxy) is 1. The van der Waals surface area contributed by atoms with E-state index in [1.54, 1.807) is 12.1 Å². The number of furan rings is 1. The molecule has 2 aromatic rings. The van der Waals surface area contributed by atoms with Gasteiger partial charge in [0, 0.05) is 11.6 Å². The van der Waals surface area contributed by atoms with Crippen LogP contribution >= 0.6 is 11.6 Å². The summed E-state index contributed by atoms with van der Waals surface area (Å²) < 4.78 is 10.6. The molecule has 0 bridgehead atoms. The number of amides is 1.